The van der Waals surface area contributed by atoms with Crippen LogP contribution >= 0.6 is 0 Å². The Morgan fingerprint density at radius 3 is 2.51 bits per heavy atom. The van der Waals surface area contributed by atoms with E-state index in [4.69, 9.17) is 5.73 Å². The van der Waals surface area contributed by atoms with Gasteiger partial charge < -0.3 is 16.4 Å². The average molecular weight is 549 g/mol. The highest BCUT2D eigenvalue weighted by molar-refractivity contribution is 5.68. The van der Waals surface area contributed by atoms with E-state index < -0.39 is 0 Å². The van der Waals surface area contributed by atoms with Gasteiger partial charge in [-0.05, 0) is 111 Å². The van der Waals surface area contributed by atoms with Crippen molar-refractivity contribution < 1.29 is 0 Å². The van der Waals surface area contributed by atoms with Crippen molar-refractivity contribution in [1.29, 1.82) is 0 Å². The summed E-state index contributed by atoms with van der Waals surface area (Å²) in [6, 6.07) is 17.8. The number of nitrogens with zero attached hydrogens (tertiary/aromatic N) is 5. The van der Waals surface area contributed by atoms with Crippen LogP contribution in [0.15, 0.2) is 48.5 Å². The molecule has 3 aliphatic carbocycles. The van der Waals surface area contributed by atoms with Gasteiger partial charge in [-0.2, -0.15) is 9.67 Å². The van der Waals surface area contributed by atoms with Crippen molar-refractivity contribution in [3.8, 4) is 17.1 Å². The molecular weight excluding hydrogens is 508 g/mol. The summed E-state index contributed by atoms with van der Waals surface area (Å²) in [6.45, 7) is 1.19. The van der Waals surface area contributed by atoms with Gasteiger partial charge in [0.05, 0.1) is 5.69 Å². The Kier molecular flexibility index (Phi) is 7.40. The number of nitrogens with two attached hydrogens (primary N) is 1. The second-order valence-corrected chi connectivity index (χ2v) is 12.1. The molecule has 4 aromatic rings. The molecule has 8 nitrogen and oxygen atoms in total. The molecule has 0 unspecified atom stereocenters. The van der Waals surface area contributed by atoms with Crippen molar-refractivity contribution in [2.24, 2.45) is 5.92 Å². The van der Waals surface area contributed by atoms with Crippen LogP contribution in [-0.4, -0.2) is 37.5 Å². The van der Waals surface area contributed by atoms with E-state index in [9.17, 15) is 0 Å². The lowest BCUT2D eigenvalue weighted by Gasteiger charge is -2.25. The summed E-state index contributed by atoms with van der Waals surface area (Å²) < 4.78 is 1.58. The minimum Gasteiger partial charge on any atom is -0.368 e. The minimum absolute atomic E-state index is 0.289. The normalized spacial score (nSPS) is 19.0. The van der Waals surface area contributed by atoms with Crippen molar-refractivity contribution in [3.63, 3.8) is 0 Å². The van der Waals surface area contributed by atoms with Crippen molar-refractivity contribution in [1.82, 2.24) is 30.3 Å². The second-order valence-electron chi connectivity index (χ2n) is 12.1. The van der Waals surface area contributed by atoms with Crippen molar-refractivity contribution in [2.75, 3.05) is 17.6 Å². The van der Waals surface area contributed by atoms with Crippen LogP contribution < -0.4 is 16.4 Å². The fourth-order valence-electron chi connectivity index (χ4n) is 6.97. The smallest absolute Gasteiger partial charge is 0.248 e. The molecular formula is C33H40N8. The summed E-state index contributed by atoms with van der Waals surface area (Å²) in [6.07, 6.45) is 14.7. The molecule has 0 amide bonds. The molecule has 0 aliphatic heterocycles. The second kappa shape index (κ2) is 11.6. The van der Waals surface area contributed by atoms with E-state index in [0.29, 0.717) is 17.8 Å². The molecule has 2 aromatic carbocycles. The molecule has 1 atom stereocenters. The Morgan fingerprint density at radius 2 is 1.61 bits per heavy atom. The Labute approximate surface area is 242 Å². The topological polar surface area (TPSA) is 107 Å². The van der Waals surface area contributed by atoms with Gasteiger partial charge in [0.25, 0.3) is 0 Å². The van der Waals surface area contributed by atoms with Gasteiger partial charge in [0.2, 0.25) is 11.9 Å². The molecule has 0 spiro atoms. The number of nitrogens with one attached hydrogen (secondary N) is 2. The summed E-state index contributed by atoms with van der Waals surface area (Å²) in [5.41, 5.74) is 14.8. The van der Waals surface area contributed by atoms with Crippen LogP contribution in [0.4, 0.5) is 17.6 Å². The summed E-state index contributed by atoms with van der Waals surface area (Å²) in [7, 11) is 0. The highest BCUT2D eigenvalue weighted by atomic mass is 15.4. The Morgan fingerprint density at radius 1 is 0.780 bits per heavy atom. The zero-order chi connectivity index (χ0) is 27.6. The molecule has 0 bridgehead atoms. The minimum atomic E-state index is 0.289. The van der Waals surface area contributed by atoms with Gasteiger partial charge in [0.15, 0.2) is 5.82 Å². The van der Waals surface area contributed by atoms with Crippen molar-refractivity contribution in [3.05, 3.63) is 70.8 Å². The van der Waals surface area contributed by atoms with Crippen LogP contribution in [-0.2, 0) is 25.7 Å². The molecule has 7 rings (SSSR count). The first-order valence-electron chi connectivity index (χ1n) is 15.5. The summed E-state index contributed by atoms with van der Waals surface area (Å²) in [5, 5.41) is 21.1. The standard InChI is InChI=1S/C33H40N8/c34-32-37-33(40-41(32)30-20-26-11-6-10-24-9-4-5-12-29(24)31(26)39-38-30)36-28-18-14-23-13-16-27(17-15-25(23)19-28)35-21-22-7-2-1-3-8-22/h4-5,9,12,14,18-20,22,27,35H,1-3,6-8,10-11,13,15-17,21H2,(H3,34,36,37,40)/t27-/m1/s1. The van der Waals surface area contributed by atoms with Crippen LogP contribution in [0.2, 0.25) is 0 Å². The van der Waals surface area contributed by atoms with Gasteiger partial charge in [-0.3, -0.25) is 0 Å². The number of fused-ring (bicyclic) bond motifs is 4. The van der Waals surface area contributed by atoms with Crippen LogP contribution in [0, 0.1) is 5.92 Å². The quantitative estimate of drug-likeness (QED) is 0.255. The van der Waals surface area contributed by atoms with Crippen LogP contribution in [0.1, 0.15) is 73.6 Å². The van der Waals surface area contributed by atoms with Crippen LogP contribution in [0.25, 0.3) is 17.1 Å². The van der Waals surface area contributed by atoms with E-state index in [2.05, 4.69) is 79.4 Å². The van der Waals surface area contributed by atoms with Gasteiger partial charge in [-0.1, -0.05) is 49.6 Å². The maximum absolute atomic E-state index is 6.31. The maximum Gasteiger partial charge on any atom is 0.248 e. The summed E-state index contributed by atoms with van der Waals surface area (Å²) >= 11 is 0. The van der Waals surface area contributed by atoms with Gasteiger partial charge in [0.1, 0.15) is 0 Å². The number of anilines is 3. The number of rotatable bonds is 6. The molecule has 212 valence electrons. The molecule has 4 N–H and O–H groups in total. The molecule has 2 heterocycles. The third-order valence-corrected chi connectivity index (χ3v) is 9.28. The van der Waals surface area contributed by atoms with E-state index in [0.717, 1.165) is 49.4 Å². The Hall–Kier alpha value is -3.78. The highest BCUT2D eigenvalue weighted by Gasteiger charge is 2.21. The summed E-state index contributed by atoms with van der Waals surface area (Å²) in [5.74, 6) is 2.22. The lowest BCUT2D eigenvalue weighted by Crippen LogP contribution is -2.34. The molecule has 0 radical (unpaired) electrons. The largest absolute Gasteiger partial charge is 0.368 e. The van der Waals surface area contributed by atoms with Gasteiger partial charge in [0, 0.05) is 17.3 Å². The number of hydrogen-bond acceptors (Lipinski definition) is 7. The van der Waals surface area contributed by atoms with E-state index in [1.54, 1.807) is 4.68 Å². The SMILES string of the molecule is Nc1nc(Nc2ccc3c(c2)CC[C@H](NCC2CCCCC2)CC3)nn1-c1cc2c(nn1)-c1ccccc1CCC2. The van der Waals surface area contributed by atoms with Gasteiger partial charge in [-0.15, -0.1) is 15.3 Å². The molecule has 0 saturated heterocycles. The first-order chi connectivity index (χ1) is 20.2. The number of benzene rings is 2. The number of aryl methyl sites for hydroxylation is 4. The number of hydrogen-bond donors (Lipinski definition) is 3. The zero-order valence-corrected chi connectivity index (χ0v) is 23.8. The number of nitrogen functional groups attached to an aromatic ring is 1. The van der Waals surface area contributed by atoms with Gasteiger partial charge >= 0.3 is 0 Å². The average Bonchev–Trinajstić information content (AvgIpc) is 3.15. The molecule has 3 aliphatic rings. The lowest BCUT2D eigenvalue weighted by molar-refractivity contribution is 0.319. The van der Waals surface area contributed by atoms with E-state index >= 15 is 0 Å². The van der Waals surface area contributed by atoms with Gasteiger partial charge in [-0.25, -0.2) is 0 Å². The first-order valence-corrected chi connectivity index (χ1v) is 15.5. The predicted octanol–water partition coefficient (Wildman–Crippen LogP) is 5.96. The zero-order valence-electron chi connectivity index (χ0n) is 23.8. The molecule has 1 saturated carbocycles. The highest BCUT2D eigenvalue weighted by Crippen LogP contribution is 2.32. The first kappa shape index (κ1) is 26.1. The van der Waals surface area contributed by atoms with E-state index in [-0.39, 0.29) is 5.95 Å². The molecule has 8 heteroatoms. The summed E-state index contributed by atoms with van der Waals surface area (Å²) in [4.78, 5) is 4.50. The fourth-order valence-corrected chi connectivity index (χ4v) is 6.97. The Bertz CT molecular complexity index is 1520. The number of aromatic nitrogens is 5. The van der Waals surface area contributed by atoms with E-state index in [1.165, 1.54) is 79.3 Å². The third-order valence-electron chi connectivity index (χ3n) is 9.28. The third kappa shape index (κ3) is 5.71. The van der Waals surface area contributed by atoms with Crippen molar-refractivity contribution >= 4 is 17.6 Å². The molecule has 41 heavy (non-hydrogen) atoms. The maximum atomic E-state index is 6.31. The Balaban J connectivity index is 1.04. The van der Waals surface area contributed by atoms with Crippen LogP contribution in [0.3, 0.4) is 0 Å². The predicted molar refractivity (Wildman–Crippen MR) is 164 cm³/mol. The van der Waals surface area contributed by atoms with Crippen LogP contribution in [0.5, 0.6) is 0 Å². The monoisotopic (exact) mass is 548 g/mol. The molecule has 1 fully saturated rings. The van der Waals surface area contributed by atoms with E-state index in [1.807, 2.05) is 0 Å². The fraction of sp³-hybridized carbons (Fsp3) is 0.455. The lowest BCUT2D eigenvalue weighted by atomic mass is 9.89. The molecule has 2 aromatic heterocycles. The van der Waals surface area contributed by atoms with Crippen molar-refractivity contribution in [2.45, 2.75) is 83.1 Å².